The molecule has 2 saturated heterocycles. The highest BCUT2D eigenvalue weighted by molar-refractivity contribution is 6.04. The van der Waals surface area contributed by atoms with Gasteiger partial charge in [0.1, 0.15) is 5.58 Å². The molecule has 2 fully saturated rings. The first-order valence-corrected chi connectivity index (χ1v) is 7.63. The van der Waals surface area contributed by atoms with Crippen molar-refractivity contribution in [1.82, 2.24) is 0 Å². The van der Waals surface area contributed by atoms with Crippen LogP contribution in [-0.4, -0.2) is 25.3 Å². The molecule has 2 aromatic carbocycles. The van der Waals surface area contributed by atoms with E-state index in [0.29, 0.717) is 22.9 Å². The normalized spacial score (nSPS) is 23.7. The first-order chi connectivity index (χ1) is 10.8. The summed E-state index contributed by atoms with van der Waals surface area (Å²) in [6.07, 6.45) is 1.30. The molecule has 4 nitrogen and oxygen atoms in total. The van der Waals surface area contributed by atoms with Gasteiger partial charge in [0.15, 0.2) is 11.3 Å². The smallest absolute Gasteiger partial charge is 0.200 e. The summed E-state index contributed by atoms with van der Waals surface area (Å²) in [5, 5.41) is 2.71. The standard InChI is InChI=1S/C18H15NO3/c20-16-8-17(19-9-13-7-12(19)10-21-13)22-18-14-4-2-1-3-11(14)5-6-15(16)18/h1-6,8,12-13H,7,9-10H2/t12-,13-/m1/s1. The van der Waals surface area contributed by atoms with Crippen molar-refractivity contribution < 1.29 is 9.15 Å². The van der Waals surface area contributed by atoms with Crippen molar-refractivity contribution in [3.8, 4) is 0 Å². The van der Waals surface area contributed by atoms with Crippen LogP contribution in [0, 0.1) is 0 Å². The number of hydrogen-bond acceptors (Lipinski definition) is 4. The van der Waals surface area contributed by atoms with Crippen LogP contribution in [0.5, 0.6) is 0 Å². The van der Waals surface area contributed by atoms with Crippen molar-refractivity contribution in [3.05, 3.63) is 52.7 Å². The molecule has 0 N–H and O–H groups in total. The van der Waals surface area contributed by atoms with Crippen LogP contribution in [0.15, 0.2) is 51.7 Å². The highest BCUT2D eigenvalue weighted by atomic mass is 16.5. The first-order valence-electron chi connectivity index (χ1n) is 7.63. The Morgan fingerprint density at radius 3 is 2.82 bits per heavy atom. The van der Waals surface area contributed by atoms with Gasteiger partial charge in [-0.25, -0.2) is 0 Å². The zero-order valence-electron chi connectivity index (χ0n) is 12.0. The third-order valence-corrected chi connectivity index (χ3v) is 4.79. The number of nitrogens with zero attached hydrogens (tertiary/aromatic N) is 1. The Hall–Kier alpha value is -2.33. The Labute approximate surface area is 126 Å². The largest absolute Gasteiger partial charge is 0.440 e. The second-order valence-electron chi connectivity index (χ2n) is 6.11. The van der Waals surface area contributed by atoms with Crippen molar-refractivity contribution in [2.75, 3.05) is 18.1 Å². The minimum Gasteiger partial charge on any atom is -0.440 e. The maximum absolute atomic E-state index is 12.5. The Balaban J connectivity index is 1.77. The molecule has 0 aliphatic carbocycles. The summed E-state index contributed by atoms with van der Waals surface area (Å²) in [5.74, 6) is 0.671. The quantitative estimate of drug-likeness (QED) is 0.647. The monoisotopic (exact) mass is 293 g/mol. The SMILES string of the molecule is O=c1cc(N2C[C@H]3C[C@@H]2CO3)oc2c1ccc1ccccc12. The number of rotatable bonds is 1. The molecule has 1 aromatic heterocycles. The third kappa shape index (κ3) is 1.64. The van der Waals surface area contributed by atoms with E-state index in [1.807, 2.05) is 36.4 Å². The van der Waals surface area contributed by atoms with Gasteiger partial charge in [-0.05, 0) is 17.9 Å². The van der Waals surface area contributed by atoms with Crippen molar-refractivity contribution in [3.63, 3.8) is 0 Å². The van der Waals surface area contributed by atoms with Crippen LogP contribution in [-0.2, 0) is 4.74 Å². The minimum absolute atomic E-state index is 0.0192. The third-order valence-electron chi connectivity index (χ3n) is 4.79. The highest BCUT2D eigenvalue weighted by Crippen LogP contribution is 2.34. The lowest BCUT2D eigenvalue weighted by Crippen LogP contribution is -2.37. The van der Waals surface area contributed by atoms with Crippen LogP contribution in [0.1, 0.15) is 6.42 Å². The van der Waals surface area contributed by atoms with Gasteiger partial charge < -0.3 is 14.1 Å². The molecular formula is C18H15NO3. The number of fused-ring (bicyclic) bond motifs is 5. The predicted octanol–water partition coefficient (Wildman–Crippen LogP) is 2.92. The zero-order valence-corrected chi connectivity index (χ0v) is 12.0. The van der Waals surface area contributed by atoms with Crippen LogP contribution < -0.4 is 10.3 Å². The molecule has 2 aliphatic heterocycles. The van der Waals surface area contributed by atoms with Gasteiger partial charge in [0.2, 0.25) is 0 Å². The first kappa shape index (κ1) is 12.2. The summed E-state index contributed by atoms with van der Waals surface area (Å²) in [6.45, 7) is 1.53. The van der Waals surface area contributed by atoms with Gasteiger partial charge in [0.05, 0.1) is 24.1 Å². The van der Waals surface area contributed by atoms with Crippen LogP contribution in [0.3, 0.4) is 0 Å². The summed E-state index contributed by atoms with van der Waals surface area (Å²) in [6, 6.07) is 13.8. The van der Waals surface area contributed by atoms with Gasteiger partial charge >= 0.3 is 0 Å². The second-order valence-corrected chi connectivity index (χ2v) is 6.11. The van der Waals surface area contributed by atoms with Crippen LogP contribution >= 0.6 is 0 Å². The molecule has 2 aliphatic rings. The summed E-state index contributed by atoms with van der Waals surface area (Å²) < 4.78 is 11.8. The van der Waals surface area contributed by atoms with Gasteiger partial charge in [0.25, 0.3) is 0 Å². The molecule has 0 amide bonds. The van der Waals surface area contributed by atoms with Gasteiger partial charge in [-0.3, -0.25) is 4.79 Å². The molecule has 0 radical (unpaired) electrons. The van der Waals surface area contributed by atoms with E-state index in [1.165, 1.54) is 0 Å². The molecular weight excluding hydrogens is 278 g/mol. The van der Waals surface area contributed by atoms with E-state index in [4.69, 9.17) is 9.15 Å². The van der Waals surface area contributed by atoms with Crippen molar-refractivity contribution in [2.24, 2.45) is 0 Å². The van der Waals surface area contributed by atoms with E-state index in [1.54, 1.807) is 6.07 Å². The number of benzene rings is 2. The molecule has 2 atom stereocenters. The maximum atomic E-state index is 12.5. The number of anilines is 1. The van der Waals surface area contributed by atoms with Crippen molar-refractivity contribution in [1.29, 1.82) is 0 Å². The molecule has 5 rings (SSSR count). The predicted molar refractivity (Wildman–Crippen MR) is 85.5 cm³/mol. The lowest BCUT2D eigenvalue weighted by Gasteiger charge is -2.27. The van der Waals surface area contributed by atoms with Crippen LogP contribution in [0.2, 0.25) is 0 Å². The van der Waals surface area contributed by atoms with Crippen molar-refractivity contribution >= 4 is 27.6 Å². The Morgan fingerprint density at radius 1 is 1.09 bits per heavy atom. The van der Waals surface area contributed by atoms with E-state index in [0.717, 1.165) is 30.3 Å². The van der Waals surface area contributed by atoms with Gasteiger partial charge in [-0.2, -0.15) is 0 Å². The topological polar surface area (TPSA) is 42.7 Å². The van der Waals surface area contributed by atoms with E-state index < -0.39 is 0 Å². The molecule has 22 heavy (non-hydrogen) atoms. The molecule has 0 saturated carbocycles. The lowest BCUT2D eigenvalue weighted by atomic mass is 10.1. The molecule has 3 aromatic rings. The average molecular weight is 293 g/mol. The minimum atomic E-state index is 0.0192. The fourth-order valence-electron chi connectivity index (χ4n) is 3.68. The number of morpholine rings is 1. The van der Waals surface area contributed by atoms with Gasteiger partial charge in [-0.1, -0.05) is 30.3 Å². The summed E-state index contributed by atoms with van der Waals surface area (Å²) in [5.41, 5.74) is 0.704. The Morgan fingerprint density at radius 2 is 2.00 bits per heavy atom. The maximum Gasteiger partial charge on any atom is 0.200 e. The molecule has 110 valence electrons. The summed E-state index contributed by atoms with van der Waals surface area (Å²) >= 11 is 0. The Bertz CT molecular complexity index is 946. The molecule has 0 unspecified atom stereocenters. The fourth-order valence-corrected chi connectivity index (χ4v) is 3.68. The molecule has 3 heterocycles. The summed E-state index contributed by atoms with van der Waals surface area (Å²) in [7, 11) is 0. The molecule has 4 heteroatoms. The fraction of sp³-hybridized carbons (Fsp3) is 0.278. The van der Waals surface area contributed by atoms with Gasteiger partial charge in [0, 0.05) is 18.0 Å². The molecule has 2 bridgehead atoms. The number of hydrogen-bond donors (Lipinski definition) is 0. The second kappa shape index (κ2) is 4.34. The lowest BCUT2D eigenvalue weighted by molar-refractivity contribution is 0.0978. The average Bonchev–Trinajstić information content (AvgIpc) is 3.17. The number of ether oxygens (including phenoxy) is 1. The zero-order chi connectivity index (χ0) is 14.7. The summed E-state index contributed by atoms with van der Waals surface area (Å²) in [4.78, 5) is 14.7. The highest BCUT2D eigenvalue weighted by Gasteiger charge is 2.40. The van der Waals surface area contributed by atoms with Crippen LogP contribution in [0.25, 0.3) is 21.7 Å². The van der Waals surface area contributed by atoms with Crippen molar-refractivity contribution in [2.45, 2.75) is 18.6 Å². The van der Waals surface area contributed by atoms with E-state index in [2.05, 4.69) is 4.90 Å². The van der Waals surface area contributed by atoms with E-state index >= 15 is 0 Å². The molecule has 0 spiro atoms. The Kier molecular flexibility index (Phi) is 2.41. The van der Waals surface area contributed by atoms with E-state index in [9.17, 15) is 4.79 Å². The van der Waals surface area contributed by atoms with Crippen LogP contribution in [0.4, 0.5) is 5.88 Å². The van der Waals surface area contributed by atoms with E-state index in [-0.39, 0.29) is 11.5 Å². The van der Waals surface area contributed by atoms with Gasteiger partial charge in [-0.15, -0.1) is 0 Å².